The van der Waals surface area contributed by atoms with Gasteiger partial charge in [0.15, 0.2) is 0 Å². The van der Waals surface area contributed by atoms with Crippen LogP contribution in [-0.2, 0) is 4.74 Å². The molecule has 66 valence electrons. The summed E-state index contributed by atoms with van der Waals surface area (Å²) in [7, 11) is 0. The highest BCUT2D eigenvalue weighted by Gasteiger charge is 2.14. The molecule has 11 heavy (non-hydrogen) atoms. The van der Waals surface area contributed by atoms with Crippen LogP contribution in [-0.4, -0.2) is 32.0 Å². The molecule has 0 aromatic heterocycles. The van der Waals surface area contributed by atoms with Gasteiger partial charge in [0.2, 0.25) is 0 Å². The van der Waals surface area contributed by atoms with Crippen molar-refractivity contribution in [1.82, 2.24) is 5.32 Å². The number of rotatable bonds is 4. The van der Waals surface area contributed by atoms with E-state index in [-0.39, 0.29) is 0 Å². The summed E-state index contributed by atoms with van der Waals surface area (Å²) < 4.78 is 17.7. The second kappa shape index (κ2) is 4.67. The Morgan fingerprint density at radius 3 is 3.09 bits per heavy atom. The predicted molar refractivity (Wildman–Crippen MR) is 42.4 cm³/mol. The Bertz CT molecular complexity index is 102. The third kappa shape index (κ3) is 3.68. The number of hydrogen-bond donors (Lipinski definition) is 1. The molecule has 1 saturated heterocycles. The average molecular weight is 161 g/mol. The first-order chi connectivity index (χ1) is 5.29. The molecule has 0 spiro atoms. The summed E-state index contributed by atoms with van der Waals surface area (Å²) in [5, 5.41) is 3.19. The van der Waals surface area contributed by atoms with Gasteiger partial charge in [0.1, 0.15) is 0 Å². The lowest BCUT2D eigenvalue weighted by atomic mass is 10.3. The Morgan fingerprint density at radius 2 is 2.55 bits per heavy atom. The topological polar surface area (TPSA) is 21.3 Å². The number of hydrogen-bond acceptors (Lipinski definition) is 2. The third-order valence-corrected chi connectivity index (χ3v) is 1.88. The van der Waals surface area contributed by atoms with E-state index in [4.69, 9.17) is 4.74 Å². The highest BCUT2D eigenvalue weighted by molar-refractivity contribution is 4.70. The van der Waals surface area contributed by atoms with Gasteiger partial charge < -0.3 is 10.1 Å². The molecule has 1 aliphatic heterocycles. The zero-order valence-corrected chi connectivity index (χ0v) is 6.98. The van der Waals surface area contributed by atoms with Gasteiger partial charge in [0.05, 0.1) is 12.3 Å². The van der Waals surface area contributed by atoms with Crippen molar-refractivity contribution >= 4 is 0 Å². The highest BCUT2D eigenvalue weighted by Crippen LogP contribution is 2.05. The first kappa shape index (κ1) is 8.94. The van der Waals surface area contributed by atoms with E-state index in [0.29, 0.717) is 19.1 Å². The Kier molecular flexibility index (Phi) is 3.80. The first-order valence-electron chi connectivity index (χ1n) is 4.25. The maximum atomic E-state index is 12.3. The minimum Gasteiger partial charge on any atom is -0.377 e. The SMILES string of the molecule is CC(F)CCOC1CCNC1. The molecule has 2 atom stereocenters. The zero-order chi connectivity index (χ0) is 8.10. The van der Waals surface area contributed by atoms with Crippen LogP contribution in [0.2, 0.25) is 0 Å². The molecule has 2 unspecified atom stereocenters. The average Bonchev–Trinajstić information content (AvgIpc) is 2.39. The number of halogens is 1. The van der Waals surface area contributed by atoms with Crippen LogP contribution in [0.4, 0.5) is 4.39 Å². The lowest BCUT2D eigenvalue weighted by molar-refractivity contribution is 0.0550. The van der Waals surface area contributed by atoms with E-state index in [1.165, 1.54) is 0 Å². The van der Waals surface area contributed by atoms with Crippen LogP contribution in [0.15, 0.2) is 0 Å². The fraction of sp³-hybridized carbons (Fsp3) is 1.00. The standard InChI is InChI=1S/C8H16FNO/c1-7(9)3-5-11-8-2-4-10-6-8/h7-8,10H,2-6H2,1H3. The molecule has 1 heterocycles. The summed E-state index contributed by atoms with van der Waals surface area (Å²) in [6.45, 7) is 4.09. The maximum Gasteiger partial charge on any atom is 0.0995 e. The van der Waals surface area contributed by atoms with Crippen molar-refractivity contribution in [2.45, 2.75) is 32.0 Å². The van der Waals surface area contributed by atoms with Crippen molar-refractivity contribution < 1.29 is 9.13 Å². The summed E-state index contributed by atoms with van der Waals surface area (Å²) >= 11 is 0. The third-order valence-electron chi connectivity index (χ3n) is 1.88. The molecular weight excluding hydrogens is 145 g/mol. The quantitative estimate of drug-likeness (QED) is 0.667. The Balaban J connectivity index is 1.94. The van der Waals surface area contributed by atoms with E-state index in [2.05, 4.69) is 5.32 Å². The van der Waals surface area contributed by atoms with Gasteiger partial charge in [-0.1, -0.05) is 0 Å². The van der Waals surface area contributed by atoms with Crippen LogP contribution >= 0.6 is 0 Å². The minimum atomic E-state index is -0.732. The molecule has 3 heteroatoms. The molecule has 0 bridgehead atoms. The number of ether oxygens (including phenoxy) is 1. The molecule has 0 aromatic carbocycles. The van der Waals surface area contributed by atoms with E-state index in [1.807, 2.05) is 0 Å². The van der Waals surface area contributed by atoms with Gasteiger partial charge in [-0.15, -0.1) is 0 Å². The van der Waals surface area contributed by atoms with Crippen molar-refractivity contribution in [3.8, 4) is 0 Å². The van der Waals surface area contributed by atoms with Gasteiger partial charge in [0.25, 0.3) is 0 Å². The van der Waals surface area contributed by atoms with Crippen molar-refractivity contribution in [3.05, 3.63) is 0 Å². The molecule has 1 fully saturated rings. The molecule has 1 N–H and O–H groups in total. The minimum absolute atomic E-state index is 0.328. The summed E-state index contributed by atoms with van der Waals surface area (Å²) in [4.78, 5) is 0. The molecule has 0 aromatic rings. The van der Waals surface area contributed by atoms with Gasteiger partial charge in [-0.25, -0.2) is 4.39 Å². The smallest absolute Gasteiger partial charge is 0.0995 e. The lowest BCUT2D eigenvalue weighted by Crippen LogP contribution is -2.18. The summed E-state index contributed by atoms with van der Waals surface area (Å²) in [5.74, 6) is 0. The van der Waals surface area contributed by atoms with Gasteiger partial charge in [-0.05, 0) is 19.9 Å². The van der Waals surface area contributed by atoms with Gasteiger partial charge in [-0.3, -0.25) is 0 Å². The zero-order valence-electron chi connectivity index (χ0n) is 6.98. The second-order valence-electron chi connectivity index (χ2n) is 3.06. The van der Waals surface area contributed by atoms with Crippen LogP contribution in [0.1, 0.15) is 19.8 Å². The van der Waals surface area contributed by atoms with Crippen LogP contribution in [0.5, 0.6) is 0 Å². The Hall–Kier alpha value is -0.150. The summed E-state index contributed by atoms with van der Waals surface area (Å²) in [6.07, 6.45) is 1.19. The van der Waals surface area contributed by atoms with Crippen molar-refractivity contribution in [1.29, 1.82) is 0 Å². The van der Waals surface area contributed by atoms with Crippen molar-refractivity contribution in [2.24, 2.45) is 0 Å². The maximum absolute atomic E-state index is 12.3. The molecule has 1 rings (SSSR count). The van der Waals surface area contributed by atoms with E-state index in [0.717, 1.165) is 19.5 Å². The summed E-state index contributed by atoms with van der Waals surface area (Å²) in [6, 6.07) is 0. The fourth-order valence-corrected chi connectivity index (χ4v) is 1.17. The predicted octanol–water partition coefficient (Wildman–Crippen LogP) is 1.11. The van der Waals surface area contributed by atoms with Crippen LogP contribution in [0.3, 0.4) is 0 Å². The number of alkyl halides is 1. The molecule has 0 amide bonds. The van der Waals surface area contributed by atoms with Gasteiger partial charge in [0, 0.05) is 19.6 Å². The monoisotopic (exact) mass is 161 g/mol. The molecule has 1 aliphatic rings. The second-order valence-corrected chi connectivity index (χ2v) is 3.06. The molecule has 0 aliphatic carbocycles. The van der Waals surface area contributed by atoms with Crippen LogP contribution in [0, 0.1) is 0 Å². The Labute approximate surface area is 67.1 Å². The van der Waals surface area contributed by atoms with E-state index in [1.54, 1.807) is 6.92 Å². The highest BCUT2D eigenvalue weighted by atomic mass is 19.1. The van der Waals surface area contributed by atoms with Crippen molar-refractivity contribution in [2.75, 3.05) is 19.7 Å². The lowest BCUT2D eigenvalue weighted by Gasteiger charge is -2.09. The van der Waals surface area contributed by atoms with E-state index >= 15 is 0 Å². The van der Waals surface area contributed by atoms with Gasteiger partial charge in [-0.2, -0.15) is 0 Å². The first-order valence-corrected chi connectivity index (χ1v) is 4.25. The molecule has 0 radical (unpaired) electrons. The van der Waals surface area contributed by atoms with E-state index < -0.39 is 6.17 Å². The normalized spacial score (nSPS) is 27.3. The molecular formula is C8H16FNO. The molecule has 0 saturated carbocycles. The largest absolute Gasteiger partial charge is 0.377 e. The van der Waals surface area contributed by atoms with Crippen molar-refractivity contribution in [3.63, 3.8) is 0 Å². The number of nitrogens with one attached hydrogen (secondary N) is 1. The Morgan fingerprint density at radius 1 is 1.73 bits per heavy atom. The van der Waals surface area contributed by atoms with Gasteiger partial charge >= 0.3 is 0 Å². The van der Waals surface area contributed by atoms with E-state index in [9.17, 15) is 4.39 Å². The van der Waals surface area contributed by atoms with Crippen LogP contribution < -0.4 is 5.32 Å². The fourth-order valence-electron chi connectivity index (χ4n) is 1.17. The van der Waals surface area contributed by atoms with Crippen LogP contribution in [0.25, 0.3) is 0 Å². The molecule has 2 nitrogen and oxygen atoms in total. The summed E-state index contributed by atoms with van der Waals surface area (Å²) in [5.41, 5.74) is 0.